The fourth-order valence-electron chi connectivity index (χ4n) is 5.22. The number of imide groups is 1. The van der Waals surface area contributed by atoms with E-state index in [4.69, 9.17) is 21.1 Å². The van der Waals surface area contributed by atoms with E-state index in [1.165, 1.54) is 31.4 Å². The van der Waals surface area contributed by atoms with Crippen LogP contribution in [0, 0.1) is 16.0 Å². The highest BCUT2D eigenvalue weighted by Gasteiger charge is 2.56. The molecule has 2 aliphatic rings. The molecule has 2 unspecified atom stereocenters. The van der Waals surface area contributed by atoms with Crippen molar-refractivity contribution < 1.29 is 28.8 Å². The number of nitrogens with one attached hydrogen (secondary N) is 2. The van der Waals surface area contributed by atoms with Crippen molar-refractivity contribution in [3.05, 3.63) is 102 Å². The third-order valence-corrected chi connectivity index (χ3v) is 9.83. The van der Waals surface area contributed by atoms with Crippen LogP contribution in [0.25, 0.3) is 0 Å². The molecule has 1 fully saturated rings. The molecule has 3 aromatic carbocycles. The average Bonchev–Trinajstić information content (AvgIpc) is 3.51. The Hall–Kier alpha value is -4.66. The Bertz CT molecular complexity index is 1860. The summed E-state index contributed by atoms with van der Waals surface area (Å²) in [6.07, 6.45) is 0. The van der Waals surface area contributed by atoms with Gasteiger partial charge in [-0.05, 0) is 54.1 Å². The van der Waals surface area contributed by atoms with Gasteiger partial charge >= 0.3 is 4.87 Å². The maximum atomic E-state index is 13.9. The molecule has 1 saturated heterocycles. The first-order chi connectivity index (χ1) is 21.1. The lowest BCUT2D eigenvalue weighted by atomic mass is 9.83. The molecule has 0 spiro atoms. The van der Waals surface area contributed by atoms with Gasteiger partial charge in [0, 0.05) is 33.6 Å². The number of thioether (sulfide) groups is 1. The number of thiazole rings is 1. The zero-order valence-electron chi connectivity index (χ0n) is 22.6. The summed E-state index contributed by atoms with van der Waals surface area (Å²) < 4.78 is 11.3. The van der Waals surface area contributed by atoms with Gasteiger partial charge in [0.1, 0.15) is 5.25 Å². The molecule has 2 aliphatic heterocycles. The van der Waals surface area contributed by atoms with E-state index >= 15 is 0 Å². The van der Waals surface area contributed by atoms with Crippen LogP contribution in [0.3, 0.4) is 0 Å². The molecule has 12 nitrogen and oxygen atoms in total. The van der Waals surface area contributed by atoms with Crippen LogP contribution >= 0.6 is 34.7 Å². The summed E-state index contributed by atoms with van der Waals surface area (Å²) in [6, 6.07) is 16.8. The van der Waals surface area contributed by atoms with Crippen LogP contribution < -0.4 is 24.6 Å². The maximum Gasteiger partial charge on any atom is 0.305 e. The highest BCUT2D eigenvalue weighted by Crippen LogP contribution is 2.53. The molecular formula is C29H21ClN4O8S2. The van der Waals surface area contributed by atoms with E-state index in [0.29, 0.717) is 26.2 Å². The van der Waals surface area contributed by atoms with E-state index in [9.17, 15) is 29.3 Å². The summed E-state index contributed by atoms with van der Waals surface area (Å²) in [5.74, 6) is -2.39. The van der Waals surface area contributed by atoms with Gasteiger partial charge in [-0.15, -0.1) is 0 Å². The predicted molar refractivity (Wildman–Crippen MR) is 164 cm³/mol. The maximum absolute atomic E-state index is 13.9. The summed E-state index contributed by atoms with van der Waals surface area (Å²) in [5.41, 5.74) is 1.19. The number of benzene rings is 3. The molecule has 1 aromatic heterocycles. The zero-order valence-corrected chi connectivity index (χ0v) is 25.0. The van der Waals surface area contributed by atoms with E-state index in [-0.39, 0.29) is 34.4 Å². The third-order valence-electron chi connectivity index (χ3n) is 7.18. The highest BCUT2D eigenvalue weighted by molar-refractivity contribution is 8.00. The van der Waals surface area contributed by atoms with Gasteiger partial charge in [0.15, 0.2) is 18.1 Å². The number of amides is 3. The number of hydrogen-bond acceptors (Lipinski definition) is 10. The molecule has 3 heterocycles. The van der Waals surface area contributed by atoms with Crippen molar-refractivity contribution in [3.8, 4) is 11.5 Å². The number of rotatable bonds is 8. The van der Waals surface area contributed by atoms with Crippen LogP contribution in [0.1, 0.15) is 16.4 Å². The van der Waals surface area contributed by atoms with Gasteiger partial charge in [-0.2, -0.15) is 0 Å². The number of aromatic amines is 1. The van der Waals surface area contributed by atoms with Crippen LogP contribution in [-0.2, 0) is 14.4 Å². The first-order valence-corrected chi connectivity index (χ1v) is 15.1. The molecule has 224 valence electrons. The Morgan fingerprint density at radius 1 is 1.05 bits per heavy atom. The quantitative estimate of drug-likeness (QED) is 0.154. The minimum atomic E-state index is -0.872. The molecule has 6 rings (SSSR count). The van der Waals surface area contributed by atoms with Gasteiger partial charge in [-0.25, -0.2) is 4.90 Å². The smallest absolute Gasteiger partial charge is 0.305 e. The van der Waals surface area contributed by atoms with Gasteiger partial charge in [-0.3, -0.25) is 29.3 Å². The van der Waals surface area contributed by atoms with Crippen LogP contribution in [0.5, 0.6) is 11.5 Å². The minimum absolute atomic E-state index is 0.172. The fraction of sp³-hybridized carbons (Fsp3) is 0.172. The topological polar surface area (TPSA) is 161 Å². The Morgan fingerprint density at radius 2 is 1.77 bits per heavy atom. The second kappa shape index (κ2) is 11.8. The van der Waals surface area contributed by atoms with Crippen molar-refractivity contribution in [2.75, 3.05) is 23.9 Å². The number of nitro groups is 1. The van der Waals surface area contributed by atoms with Crippen molar-refractivity contribution >= 4 is 69.5 Å². The molecular weight excluding hydrogens is 632 g/mol. The molecule has 3 amide bonds. The van der Waals surface area contributed by atoms with Crippen LogP contribution in [0.15, 0.2) is 76.6 Å². The average molecular weight is 653 g/mol. The van der Waals surface area contributed by atoms with Crippen LogP contribution in [0.4, 0.5) is 17.1 Å². The van der Waals surface area contributed by atoms with Gasteiger partial charge in [-0.1, -0.05) is 40.8 Å². The van der Waals surface area contributed by atoms with Crippen molar-refractivity contribution in [2.45, 2.75) is 16.2 Å². The number of fused-ring (bicyclic) bond motifs is 2. The van der Waals surface area contributed by atoms with E-state index in [0.717, 1.165) is 28.0 Å². The van der Waals surface area contributed by atoms with Gasteiger partial charge in [0.2, 0.25) is 11.8 Å². The number of carbonyl (C=O) groups is 3. The van der Waals surface area contributed by atoms with Crippen molar-refractivity contribution in [3.63, 3.8) is 0 Å². The number of H-pyrrole nitrogens is 1. The molecule has 4 aromatic rings. The number of hydrogen-bond donors (Lipinski definition) is 2. The normalized spacial score (nSPS) is 18.9. The minimum Gasteiger partial charge on any atom is -0.493 e. The molecule has 0 radical (unpaired) electrons. The zero-order chi connectivity index (χ0) is 31.1. The lowest BCUT2D eigenvalue weighted by Gasteiger charge is -2.30. The molecule has 44 heavy (non-hydrogen) atoms. The SMILES string of the molecule is COc1cc([C@H]2c3sc(=O)[nH]c3SC3C(=O)N(c4ccc([N+](=O)[O-])cc4)C(=O)C32)ccc1OCC(=O)Nc1ccc(Cl)cc1. The molecule has 3 atom stereocenters. The number of carbonyl (C=O) groups excluding carboxylic acids is 3. The monoisotopic (exact) mass is 652 g/mol. The van der Waals surface area contributed by atoms with Crippen molar-refractivity contribution in [1.29, 1.82) is 0 Å². The largest absolute Gasteiger partial charge is 0.493 e. The Morgan fingerprint density at radius 3 is 2.45 bits per heavy atom. The summed E-state index contributed by atoms with van der Waals surface area (Å²) in [4.78, 5) is 67.0. The second-order valence-corrected chi connectivity index (χ2v) is 12.4. The van der Waals surface area contributed by atoms with Crippen molar-refractivity contribution in [2.24, 2.45) is 5.92 Å². The molecule has 0 saturated carbocycles. The van der Waals surface area contributed by atoms with Crippen LogP contribution in [0.2, 0.25) is 5.02 Å². The molecule has 2 N–H and O–H groups in total. The number of nitrogens with zero attached hydrogens (tertiary/aromatic N) is 2. The summed E-state index contributed by atoms with van der Waals surface area (Å²) >= 11 is 7.97. The predicted octanol–water partition coefficient (Wildman–Crippen LogP) is 4.82. The standard InChI is InChI=1S/C29H21ClN4O8S2/c1-41-20-12-14(2-11-19(20)42-13-21(35)31-16-5-3-15(30)4-6-16)22-23-25(43-26-24(22)44-29(38)32-26)28(37)33(27(23)36)17-7-9-18(10-8-17)34(39)40/h2-12,22-23,25H,13H2,1H3,(H,31,35)(H,32,38)/t22-,23?,25?/m1/s1. The molecule has 0 aliphatic carbocycles. The number of halogens is 1. The van der Waals surface area contributed by atoms with Gasteiger partial charge in [0.05, 0.1) is 28.7 Å². The lowest BCUT2D eigenvalue weighted by molar-refractivity contribution is -0.384. The first-order valence-electron chi connectivity index (χ1n) is 13.0. The Balaban J connectivity index is 1.29. The van der Waals surface area contributed by atoms with E-state index in [1.807, 2.05) is 0 Å². The number of nitro benzene ring substituents is 1. The Kier molecular flexibility index (Phi) is 7.88. The van der Waals surface area contributed by atoms with Crippen molar-refractivity contribution in [1.82, 2.24) is 4.98 Å². The summed E-state index contributed by atoms with van der Waals surface area (Å²) in [7, 11) is 1.43. The Labute approximate surface area is 262 Å². The number of aromatic nitrogens is 1. The van der Waals surface area contributed by atoms with E-state index in [2.05, 4.69) is 10.3 Å². The number of methoxy groups -OCH3 is 1. The lowest BCUT2D eigenvalue weighted by Crippen LogP contribution is -2.32. The molecule has 15 heteroatoms. The number of ether oxygens (including phenoxy) is 2. The fourth-order valence-corrected chi connectivity index (χ4v) is 7.87. The van der Waals surface area contributed by atoms with Crippen LogP contribution in [-0.4, -0.2) is 46.6 Å². The van der Waals surface area contributed by atoms with Gasteiger partial charge in [0.25, 0.3) is 11.6 Å². The summed E-state index contributed by atoms with van der Waals surface area (Å²) in [6.45, 7) is -0.316. The van der Waals surface area contributed by atoms with E-state index < -0.39 is 39.7 Å². The molecule has 0 bridgehead atoms. The second-order valence-electron chi connectivity index (χ2n) is 9.79. The highest BCUT2D eigenvalue weighted by atomic mass is 35.5. The number of anilines is 2. The van der Waals surface area contributed by atoms with E-state index in [1.54, 1.807) is 42.5 Å². The first kappa shape index (κ1) is 29.4. The van der Waals surface area contributed by atoms with Gasteiger partial charge < -0.3 is 19.8 Å². The number of non-ortho nitro benzene ring substituents is 1. The summed E-state index contributed by atoms with van der Waals surface area (Å²) in [5, 5.41) is 14.0. The third kappa shape index (κ3) is 5.42.